The van der Waals surface area contributed by atoms with Crippen LogP contribution in [0.3, 0.4) is 0 Å². The lowest BCUT2D eigenvalue weighted by Gasteiger charge is -2.26. The lowest BCUT2D eigenvalue weighted by Crippen LogP contribution is -2.38. The Hall–Kier alpha value is -2.63. The minimum Gasteiger partial charge on any atom is -0.497 e. The molecule has 2 amide bonds. The van der Waals surface area contributed by atoms with Gasteiger partial charge in [0.1, 0.15) is 11.6 Å². The molecule has 0 fully saturated rings. The number of aryl methyl sites for hydroxylation is 2. The molecule has 0 saturated carbocycles. The maximum atomic E-state index is 12.1. The van der Waals surface area contributed by atoms with Crippen LogP contribution in [0.5, 0.6) is 5.75 Å². The number of methoxy groups -OCH3 is 1. The summed E-state index contributed by atoms with van der Waals surface area (Å²) in [5, 5.41) is 5.83. The van der Waals surface area contributed by atoms with E-state index in [1.54, 1.807) is 19.4 Å². The number of nitrogens with zero attached hydrogens (tertiary/aromatic N) is 2. The van der Waals surface area contributed by atoms with E-state index in [2.05, 4.69) is 32.7 Å². The number of rotatable bonds is 5. The molecule has 2 N–H and O–H groups in total. The molecule has 1 heterocycles. The third kappa shape index (κ3) is 4.47. The Morgan fingerprint density at radius 2 is 2.20 bits per heavy atom. The molecule has 0 spiro atoms. The van der Waals surface area contributed by atoms with E-state index in [9.17, 15) is 4.79 Å². The number of aromatic nitrogens is 2. The van der Waals surface area contributed by atoms with Crippen molar-refractivity contribution in [2.75, 3.05) is 13.7 Å². The Bertz CT molecular complexity index is 748. The van der Waals surface area contributed by atoms with Crippen molar-refractivity contribution in [2.24, 2.45) is 0 Å². The summed E-state index contributed by atoms with van der Waals surface area (Å²) in [7, 11) is 1.69. The number of nitrogens with one attached hydrogen (secondary N) is 2. The van der Waals surface area contributed by atoms with Crippen LogP contribution in [0.4, 0.5) is 4.79 Å². The molecular formula is C19H24N4O2. The SMILES string of the molecule is COc1ccc2c(c1)CCC[C@H]2CNC(=O)NCc1ccnc(C)n1. The lowest BCUT2D eigenvalue weighted by molar-refractivity contribution is 0.239. The topological polar surface area (TPSA) is 76.1 Å². The standard InChI is InChI=1S/C19H24N4O2/c1-13-20-9-8-16(23-13)12-22-19(24)21-11-15-5-3-4-14-10-17(25-2)6-7-18(14)15/h6-10,15H,3-5,11-12H2,1-2H3,(H2,21,22,24)/t15-/m0/s1. The van der Waals surface area contributed by atoms with Crippen LogP contribution in [0.15, 0.2) is 30.5 Å². The van der Waals surface area contributed by atoms with Crippen molar-refractivity contribution in [3.63, 3.8) is 0 Å². The fourth-order valence-electron chi connectivity index (χ4n) is 3.28. The number of amides is 2. The highest BCUT2D eigenvalue weighted by Crippen LogP contribution is 2.33. The molecule has 3 rings (SSSR count). The third-order valence-corrected chi connectivity index (χ3v) is 4.56. The van der Waals surface area contributed by atoms with Gasteiger partial charge in [-0.15, -0.1) is 0 Å². The predicted molar refractivity (Wildman–Crippen MR) is 95.7 cm³/mol. The third-order valence-electron chi connectivity index (χ3n) is 4.56. The number of urea groups is 1. The number of hydrogen-bond donors (Lipinski definition) is 2. The number of benzene rings is 1. The molecule has 6 nitrogen and oxygen atoms in total. The first-order chi connectivity index (χ1) is 12.2. The molecule has 1 aliphatic carbocycles. The smallest absolute Gasteiger partial charge is 0.315 e. The molecule has 132 valence electrons. The quantitative estimate of drug-likeness (QED) is 0.877. The molecular weight excluding hydrogens is 316 g/mol. The van der Waals surface area contributed by atoms with Crippen molar-refractivity contribution in [3.8, 4) is 5.75 Å². The lowest BCUT2D eigenvalue weighted by atomic mass is 9.82. The molecule has 0 aliphatic heterocycles. The fourth-order valence-corrected chi connectivity index (χ4v) is 3.28. The molecule has 1 aromatic carbocycles. The Morgan fingerprint density at radius 3 is 3.00 bits per heavy atom. The first-order valence-corrected chi connectivity index (χ1v) is 8.62. The number of carbonyl (C=O) groups excluding carboxylic acids is 1. The average molecular weight is 340 g/mol. The summed E-state index contributed by atoms with van der Waals surface area (Å²) >= 11 is 0. The van der Waals surface area contributed by atoms with E-state index in [1.807, 2.05) is 13.0 Å². The zero-order valence-electron chi connectivity index (χ0n) is 14.7. The second-order valence-electron chi connectivity index (χ2n) is 6.31. The average Bonchev–Trinajstić information content (AvgIpc) is 2.64. The van der Waals surface area contributed by atoms with Crippen molar-refractivity contribution >= 4 is 6.03 Å². The molecule has 1 aromatic heterocycles. The van der Waals surface area contributed by atoms with Gasteiger partial charge in [0, 0.05) is 18.7 Å². The minimum absolute atomic E-state index is 0.170. The normalized spacial score (nSPS) is 16.0. The monoisotopic (exact) mass is 340 g/mol. The van der Waals surface area contributed by atoms with Crippen LogP contribution in [0, 0.1) is 6.92 Å². The van der Waals surface area contributed by atoms with E-state index < -0.39 is 0 Å². The summed E-state index contributed by atoms with van der Waals surface area (Å²) < 4.78 is 5.31. The highest BCUT2D eigenvalue weighted by Gasteiger charge is 2.21. The van der Waals surface area contributed by atoms with E-state index in [1.165, 1.54) is 11.1 Å². The van der Waals surface area contributed by atoms with Gasteiger partial charge in [-0.2, -0.15) is 0 Å². The van der Waals surface area contributed by atoms with Crippen LogP contribution < -0.4 is 15.4 Å². The molecule has 0 unspecified atom stereocenters. The van der Waals surface area contributed by atoms with Crippen molar-refractivity contribution in [1.82, 2.24) is 20.6 Å². The van der Waals surface area contributed by atoms with Crippen molar-refractivity contribution in [2.45, 2.75) is 38.6 Å². The summed E-state index contributed by atoms with van der Waals surface area (Å²) in [4.78, 5) is 20.4. The highest BCUT2D eigenvalue weighted by molar-refractivity contribution is 5.73. The molecule has 0 bridgehead atoms. The van der Waals surface area contributed by atoms with Crippen molar-refractivity contribution < 1.29 is 9.53 Å². The molecule has 6 heteroatoms. The molecule has 1 aliphatic rings. The first-order valence-electron chi connectivity index (χ1n) is 8.62. The molecule has 0 saturated heterocycles. The van der Waals surface area contributed by atoms with E-state index in [-0.39, 0.29) is 6.03 Å². The molecule has 25 heavy (non-hydrogen) atoms. The van der Waals surface area contributed by atoms with Crippen LogP contribution in [0.2, 0.25) is 0 Å². The van der Waals surface area contributed by atoms with Crippen LogP contribution in [0.25, 0.3) is 0 Å². The Kier molecular flexibility index (Phi) is 5.48. The highest BCUT2D eigenvalue weighted by atomic mass is 16.5. The van der Waals surface area contributed by atoms with Gasteiger partial charge in [-0.05, 0) is 55.5 Å². The predicted octanol–water partition coefficient (Wildman–Crippen LogP) is 2.71. The summed E-state index contributed by atoms with van der Waals surface area (Å²) in [5.74, 6) is 1.95. The van der Waals surface area contributed by atoms with E-state index in [4.69, 9.17) is 4.74 Å². The first kappa shape index (κ1) is 17.2. The van der Waals surface area contributed by atoms with Crippen LogP contribution >= 0.6 is 0 Å². The van der Waals surface area contributed by atoms with Gasteiger partial charge in [-0.3, -0.25) is 0 Å². The number of carbonyl (C=O) groups is 1. The van der Waals surface area contributed by atoms with Crippen molar-refractivity contribution in [3.05, 3.63) is 53.1 Å². The fraction of sp³-hybridized carbons (Fsp3) is 0.421. The molecule has 0 radical (unpaired) electrons. The van der Waals surface area contributed by atoms with E-state index in [0.717, 1.165) is 30.7 Å². The summed E-state index contributed by atoms with van der Waals surface area (Å²) in [6, 6.07) is 7.87. The zero-order chi connectivity index (χ0) is 17.6. The van der Waals surface area contributed by atoms with Crippen molar-refractivity contribution in [1.29, 1.82) is 0 Å². The van der Waals surface area contributed by atoms with E-state index in [0.29, 0.717) is 24.8 Å². The van der Waals surface area contributed by atoms with Gasteiger partial charge < -0.3 is 15.4 Å². The Labute approximate surface area is 148 Å². The maximum Gasteiger partial charge on any atom is 0.315 e. The van der Waals surface area contributed by atoms with Gasteiger partial charge in [-0.25, -0.2) is 14.8 Å². The van der Waals surface area contributed by atoms with Gasteiger partial charge in [0.2, 0.25) is 0 Å². The molecule has 1 atom stereocenters. The number of ether oxygens (including phenoxy) is 1. The van der Waals surface area contributed by atoms with Gasteiger partial charge in [0.05, 0.1) is 19.3 Å². The molecule has 2 aromatic rings. The van der Waals surface area contributed by atoms with Gasteiger partial charge in [0.25, 0.3) is 0 Å². The second kappa shape index (κ2) is 7.96. The minimum atomic E-state index is -0.170. The Morgan fingerprint density at radius 1 is 1.32 bits per heavy atom. The van der Waals surface area contributed by atoms with Gasteiger partial charge in [-0.1, -0.05) is 6.07 Å². The maximum absolute atomic E-state index is 12.1. The van der Waals surface area contributed by atoms with Gasteiger partial charge in [0.15, 0.2) is 0 Å². The summed E-state index contributed by atoms with van der Waals surface area (Å²) in [5.41, 5.74) is 3.45. The summed E-state index contributed by atoms with van der Waals surface area (Å²) in [6.07, 6.45) is 4.99. The zero-order valence-corrected chi connectivity index (χ0v) is 14.7. The summed E-state index contributed by atoms with van der Waals surface area (Å²) in [6.45, 7) is 2.86. The number of hydrogen-bond acceptors (Lipinski definition) is 4. The van der Waals surface area contributed by atoms with Gasteiger partial charge >= 0.3 is 6.03 Å². The van der Waals surface area contributed by atoms with Crippen LogP contribution in [-0.4, -0.2) is 29.7 Å². The largest absolute Gasteiger partial charge is 0.497 e. The Balaban J connectivity index is 1.53. The number of fused-ring (bicyclic) bond motifs is 1. The van der Waals surface area contributed by atoms with Crippen LogP contribution in [0.1, 0.15) is 41.4 Å². The van der Waals surface area contributed by atoms with E-state index >= 15 is 0 Å². The van der Waals surface area contributed by atoms with Crippen LogP contribution in [-0.2, 0) is 13.0 Å². The second-order valence-corrected chi connectivity index (χ2v) is 6.31.